The summed E-state index contributed by atoms with van der Waals surface area (Å²) in [5, 5.41) is 0. The van der Waals surface area contributed by atoms with Crippen LogP contribution in [-0.2, 0) is 17.6 Å². The van der Waals surface area contributed by atoms with E-state index >= 15 is 0 Å². The fourth-order valence-corrected chi connectivity index (χ4v) is 5.44. The Hall–Kier alpha value is -2.57. The lowest BCUT2D eigenvalue weighted by Gasteiger charge is -2.16. The summed E-state index contributed by atoms with van der Waals surface area (Å²) in [6.07, 6.45) is -2.89. The summed E-state index contributed by atoms with van der Waals surface area (Å²) in [4.78, 5) is 14.5. The molecule has 1 amide bonds. The van der Waals surface area contributed by atoms with Crippen LogP contribution in [0.5, 0.6) is 11.5 Å². The summed E-state index contributed by atoms with van der Waals surface area (Å²) in [6, 6.07) is 17.8. The van der Waals surface area contributed by atoms with Crippen LogP contribution in [0.4, 0.5) is 18.9 Å². The van der Waals surface area contributed by atoms with Crippen LogP contribution in [0.2, 0.25) is 0 Å². The largest absolute Gasteiger partial charge is 0.493 e. The van der Waals surface area contributed by atoms with Gasteiger partial charge in [-0.2, -0.15) is 13.2 Å². The van der Waals surface area contributed by atoms with Crippen LogP contribution in [0.15, 0.2) is 71.6 Å². The molecule has 1 aliphatic heterocycles. The zero-order chi connectivity index (χ0) is 25.2. The highest BCUT2D eigenvalue weighted by Gasteiger charge is 2.36. The molecule has 4 rings (SSSR count). The van der Waals surface area contributed by atoms with Crippen LogP contribution >= 0.6 is 46.6 Å². The number of thiocarbonyl (C=S) groups is 1. The number of anilines is 1. The maximum absolute atomic E-state index is 13.1. The van der Waals surface area contributed by atoms with Gasteiger partial charge in [-0.25, -0.2) is 0 Å². The van der Waals surface area contributed by atoms with E-state index in [1.54, 1.807) is 12.1 Å². The van der Waals surface area contributed by atoms with E-state index in [2.05, 4.69) is 22.6 Å². The number of carbonyl (C=O) groups excluding carboxylic acids is 1. The topological polar surface area (TPSA) is 38.8 Å². The van der Waals surface area contributed by atoms with Gasteiger partial charge in [0.25, 0.3) is 5.91 Å². The number of nitrogens with zero attached hydrogens (tertiary/aromatic N) is 1. The molecule has 1 saturated heterocycles. The molecule has 0 atom stereocenters. The molecular formula is C25H17F3INO3S2. The monoisotopic (exact) mass is 627 g/mol. The fourth-order valence-electron chi connectivity index (χ4n) is 3.36. The lowest BCUT2D eigenvalue weighted by molar-refractivity contribution is -0.137. The van der Waals surface area contributed by atoms with Crippen molar-refractivity contribution in [3.8, 4) is 11.5 Å². The third kappa shape index (κ3) is 5.81. The van der Waals surface area contributed by atoms with Gasteiger partial charge < -0.3 is 9.47 Å². The first kappa shape index (κ1) is 25.5. The molecule has 0 unspecified atom stereocenters. The molecule has 35 heavy (non-hydrogen) atoms. The lowest BCUT2D eigenvalue weighted by Crippen LogP contribution is -2.27. The molecule has 1 aliphatic rings. The van der Waals surface area contributed by atoms with E-state index in [0.717, 1.165) is 37.9 Å². The number of methoxy groups -OCH3 is 1. The van der Waals surface area contributed by atoms with Gasteiger partial charge in [-0.1, -0.05) is 60.4 Å². The van der Waals surface area contributed by atoms with E-state index < -0.39 is 17.6 Å². The van der Waals surface area contributed by atoms with Crippen LogP contribution < -0.4 is 14.4 Å². The first-order valence-electron chi connectivity index (χ1n) is 10.2. The highest BCUT2D eigenvalue weighted by Crippen LogP contribution is 2.40. The Bertz CT molecular complexity index is 1310. The summed E-state index contributed by atoms with van der Waals surface area (Å²) in [7, 11) is 1.53. The van der Waals surface area contributed by atoms with E-state index in [1.807, 2.05) is 36.4 Å². The first-order valence-corrected chi connectivity index (χ1v) is 12.5. The molecule has 0 spiro atoms. The van der Waals surface area contributed by atoms with Crippen molar-refractivity contribution in [2.45, 2.75) is 12.8 Å². The van der Waals surface area contributed by atoms with Gasteiger partial charge in [0.1, 0.15) is 6.61 Å². The van der Waals surface area contributed by atoms with Crippen molar-refractivity contribution >= 4 is 68.6 Å². The molecule has 0 bridgehead atoms. The molecule has 3 aromatic carbocycles. The quantitative estimate of drug-likeness (QED) is 0.163. The number of ether oxygens (including phenoxy) is 2. The molecular weight excluding hydrogens is 610 g/mol. The van der Waals surface area contributed by atoms with Crippen molar-refractivity contribution in [1.29, 1.82) is 0 Å². The highest BCUT2D eigenvalue weighted by atomic mass is 127. The Morgan fingerprint density at radius 3 is 2.51 bits per heavy atom. The van der Waals surface area contributed by atoms with Crippen molar-refractivity contribution in [3.63, 3.8) is 0 Å². The second-order valence-corrected chi connectivity index (χ2v) is 10.2. The number of amides is 1. The predicted molar refractivity (Wildman–Crippen MR) is 144 cm³/mol. The number of hydrogen-bond acceptors (Lipinski definition) is 5. The zero-order valence-corrected chi connectivity index (χ0v) is 21.9. The molecule has 0 radical (unpaired) electrons. The molecule has 1 heterocycles. The van der Waals surface area contributed by atoms with Crippen molar-refractivity contribution in [2.24, 2.45) is 0 Å². The number of thioether (sulfide) groups is 1. The summed E-state index contributed by atoms with van der Waals surface area (Å²) in [5.41, 5.74) is 0.900. The van der Waals surface area contributed by atoms with Gasteiger partial charge in [-0.05, 0) is 70.1 Å². The minimum absolute atomic E-state index is 0.0718. The van der Waals surface area contributed by atoms with Gasteiger partial charge in [0.05, 0.1) is 26.8 Å². The molecule has 10 heteroatoms. The number of rotatable bonds is 6. The van der Waals surface area contributed by atoms with Crippen molar-refractivity contribution < 1.29 is 27.4 Å². The van der Waals surface area contributed by atoms with E-state index in [4.69, 9.17) is 21.7 Å². The molecule has 180 valence electrons. The maximum atomic E-state index is 13.1. The Morgan fingerprint density at radius 2 is 1.83 bits per heavy atom. The average Bonchev–Trinajstić information content (AvgIpc) is 3.10. The van der Waals surface area contributed by atoms with Crippen LogP contribution in [-0.4, -0.2) is 17.3 Å². The first-order chi connectivity index (χ1) is 16.7. The molecule has 0 saturated carbocycles. The molecule has 3 aromatic rings. The van der Waals surface area contributed by atoms with E-state index in [1.165, 1.54) is 19.2 Å². The maximum Gasteiger partial charge on any atom is 0.416 e. The summed E-state index contributed by atoms with van der Waals surface area (Å²) in [5.74, 6) is 0.579. The van der Waals surface area contributed by atoms with Gasteiger partial charge in [-0.3, -0.25) is 9.69 Å². The standard InChI is InChI=1S/C25H17F3INO3S2/c1-32-20-11-16(10-19(29)22(20)33-14-15-6-3-2-4-7-15)12-21-23(31)30(24(34)35-21)18-9-5-8-17(13-18)25(26,27)28/h2-13H,14H2,1H3/b21-12-. The number of alkyl halides is 3. The SMILES string of the molecule is COc1cc(/C=C2\SC(=S)N(c3cccc(C(F)(F)F)c3)C2=O)cc(I)c1OCc1ccccc1. The average molecular weight is 627 g/mol. The predicted octanol–water partition coefficient (Wildman–Crippen LogP) is 7.30. The van der Waals surface area contributed by atoms with Crippen LogP contribution in [0.1, 0.15) is 16.7 Å². The molecule has 0 N–H and O–H groups in total. The van der Waals surface area contributed by atoms with Crippen molar-refractivity contribution in [3.05, 3.63) is 91.9 Å². The van der Waals surface area contributed by atoms with E-state index in [9.17, 15) is 18.0 Å². The third-order valence-electron chi connectivity index (χ3n) is 5.00. The summed E-state index contributed by atoms with van der Waals surface area (Å²) < 4.78 is 51.8. The third-order valence-corrected chi connectivity index (χ3v) is 7.10. The van der Waals surface area contributed by atoms with Gasteiger partial charge >= 0.3 is 6.18 Å². The Labute approximate surface area is 223 Å². The van der Waals surface area contributed by atoms with Gasteiger partial charge in [-0.15, -0.1) is 0 Å². The van der Waals surface area contributed by atoms with Crippen molar-refractivity contribution in [2.75, 3.05) is 12.0 Å². The number of halogens is 4. The molecule has 4 nitrogen and oxygen atoms in total. The molecule has 0 aliphatic carbocycles. The second-order valence-electron chi connectivity index (χ2n) is 7.37. The van der Waals surface area contributed by atoms with E-state index in [-0.39, 0.29) is 10.0 Å². The summed E-state index contributed by atoms with van der Waals surface area (Å²) >= 11 is 8.46. The highest BCUT2D eigenvalue weighted by molar-refractivity contribution is 14.1. The summed E-state index contributed by atoms with van der Waals surface area (Å²) in [6.45, 7) is 0.363. The minimum atomic E-state index is -4.52. The van der Waals surface area contributed by atoms with Crippen molar-refractivity contribution in [1.82, 2.24) is 0 Å². The normalized spacial score (nSPS) is 15.1. The second kappa shape index (κ2) is 10.6. The zero-order valence-electron chi connectivity index (χ0n) is 18.1. The molecule has 1 fully saturated rings. The number of hydrogen-bond donors (Lipinski definition) is 0. The van der Waals surface area contributed by atoms with Gasteiger partial charge in [0.15, 0.2) is 15.8 Å². The Morgan fingerprint density at radius 1 is 1.09 bits per heavy atom. The smallest absolute Gasteiger partial charge is 0.416 e. The van der Waals surface area contributed by atoms with Gasteiger partial charge in [0, 0.05) is 0 Å². The molecule has 0 aromatic heterocycles. The number of benzene rings is 3. The van der Waals surface area contributed by atoms with Gasteiger partial charge in [0.2, 0.25) is 0 Å². The minimum Gasteiger partial charge on any atom is -0.493 e. The van der Waals surface area contributed by atoms with Crippen LogP contribution in [0.25, 0.3) is 6.08 Å². The Kier molecular flexibility index (Phi) is 7.72. The Balaban J connectivity index is 1.59. The van der Waals surface area contributed by atoms with E-state index in [0.29, 0.717) is 28.6 Å². The van der Waals surface area contributed by atoms with Crippen LogP contribution in [0.3, 0.4) is 0 Å². The van der Waals surface area contributed by atoms with Crippen LogP contribution in [0, 0.1) is 3.57 Å². The fraction of sp³-hybridized carbons (Fsp3) is 0.120. The lowest BCUT2D eigenvalue weighted by atomic mass is 10.1. The number of carbonyl (C=O) groups is 1.